The Kier molecular flexibility index (Phi) is 4.64. The van der Waals surface area contributed by atoms with Gasteiger partial charge in [0.1, 0.15) is 11.5 Å². The number of carbonyl (C=O) groups is 1. The molecule has 1 fully saturated rings. The monoisotopic (exact) mass is 347 g/mol. The molecule has 1 aromatic carbocycles. The molecule has 6 heteroatoms. The molecule has 132 valence electrons. The van der Waals surface area contributed by atoms with E-state index in [9.17, 15) is 4.79 Å². The Labute approximate surface area is 152 Å². The summed E-state index contributed by atoms with van der Waals surface area (Å²) in [6.07, 6.45) is 7.59. The lowest BCUT2D eigenvalue weighted by Gasteiger charge is -2.32. The third-order valence-corrected chi connectivity index (χ3v) is 4.78. The van der Waals surface area contributed by atoms with Crippen LogP contribution < -0.4 is 10.2 Å². The zero-order valence-electron chi connectivity index (χ0n) is 14.4. The second kappa shape index (κ2) is 7.39. The Bertz CT molecular complexity index is 838. The van der Waals surface area contributed by atoms with Gasteiger partial charge in [-0.3, -0.25) is 4.79 Å². The Morgan fingerprint density at radius 2 is 1.88 bits per heavy atom. The zero-order valence-corrected chi connectivity index (χ0v) is 14.4. The van der Waals surface area contributed by atoms with Crippen LogP contribution in [0.15, 0.2) is 61.1 Å². The predicted molar refractivity (Wildman–Crippen MR) is 101 cm³/mol. The zero-order chi connectivity index (χ0) is 17.8. The minimum Gasteiger partial charge on any atom is -0.370 e. The lowest BCUT2D eigenvalue weighted by molar-refractivity contribution is 0.102. The molecule has 0 bridgehead atoms. The fourth-order valence-corrected chi connectivity index (χ4v) is 3.34. The number of H-pyrrole nitrogens is 1. The van der Waals surface area contributed by atoms with E-state index in [1.54, 1.807) is 12.3 Å². The summed E-state index contributed by atoms with van der Waals surface area (Å²) in [7, 11) is 0. The fourth-order valence-electron chi connectivity index (χ4n) is 3.34. The largest absolute Gasteiger partial charge is 0.370 e. The molecule has 1 saturated heterocycles. The first kappa shape index (κ1) is 16.3. The number of anilines is 2. The molecule has 0 atom stereocenters. The summed E-state index contributed by atoms with van der Waals surface area (Å²) < 4.78 is 0. The predicted octanol–water partition coefficient (Wildman–Crippen LogP) is 3.44. The number of imidazole rings is 1. The molecule has 1 aliphatic heterocycles. The van der Waals surface area contributed by atoms with Gasteiger partial charge in [-0.05, 0) is 37.1 Å². The van der Waals surface area contributed by atoms with Crippen LogP contribution in [0.3, 0.4) is 0 Å². The fraction of sp³-hybridized carbons (Fsp3) is 0.250. The van der Waals surface area contributed by atoms with Gasteiger partial charge >= 0.3 is 0 Å². The molecular weight excluding hydrogens is 326 g/mol. The smallest absolute Gasteiger partial charge is 0.274 e. The van der Waals surface area contributed by atoms with Crippen molar-refractivity contribution in [1.82, 2.24) is 15.0 Å². The minimum atomic E-state index is -0.195. The van der Waals surface area contributed by atoms with Crippen LogP contribution in [0, 0.1) is 0 Å². The van der Waals surface area contributed by atoms with Gasteiger partial charge in [0.25, 0.3) is 5.91 Å². The van der Waals surface area contributed by atoms with Crippen molar-refractivity contribution < 1.29 is 4.79 Å². The van der Waals surface area contributed by atoms with Crippen molar-refractivity contribution in [2.75, 3.05) is 23.3 Å². The number of para-hydroxylation sites is 1. The van der Waals surface area contributed by atoms with Crippen LogP contribution in [-0.4, -0.2) is 33.9 Å². The van der Waals surface area contributed by atoms with Gasteiger partial charge in [-0.1, -0.05) is 18.2 Å². The molecule has 0 saturated carbocycles. The van der Waals surface area contributed by atoms with Crippen molar-refractivity contribution in [3.8, 4) is 0 Å². The van der Waals surface area contributed by atoms with Crippen LogP contribution in [0.5, 0.6) is 0 Å². The van der Waals surface area contributed by atoms with Gasteiger partial charge in [0.05, 0.1) is 11.9 Å². The summed E-state index contributed by atoms with van der Waals surface area (Å²) >= 11 is 0. The molecule has 26 heavy (non-hydrogen) atoms. The first-order chi connectivity index (χ1) is 12.8. The number of carbonyl (C=O) groups excluding carboxylic acids is 1. The number of amides is 1. The third-order valence-electron chi connectivity index (χ3n) is 4.78. The van der Waals surface area contributed by atoms with Crippen molar-refractivity contribution >= 4 is 17.3 Å². The number of hydrogen-bond donors (Lipinski definition) is 2. The van der Waals surface area contributed by atoms with E-state index in [0.29, 0.717) is 11.6 Å². The average molecular weight is 347 g/mol. The molecule has 2 aromatic heterocycles. The van der Waals surface area contributed by atoms with Crippen molar-refractivity contribution in [3.05, 3.63) is 72.6 Å². The Hall–Kier alpha value is -3.15. The number of nitrogens with one attached hydrogen (secondary N) is 2. The average Bonchev–Trinajstić information content (AvgIpc) is 3.24. The highest BCUT2D eigenvalue weighted by atomic mass is 16.1. The molecule has 3 aromatic rings. The summed E-state index contributed by atoms with van der Waals surface area (Å²) in [6.45, 7) is 1.92. The third kappa shape index (κ3) is 3.59. The highest BCUT2D eigenvalue weighted by Gasteiger charge is 2.22. The molecule has 0 aliphatic carbocycles. The van der Waals surface area contributed by atoms with Gasteiger partial charge < -0.3 is 15.2 Å². The van der Waals surface area contributed by atoms with Gasteiger partial charge in [0, 0.05) is 37.1 Å². The Morgan fingerprint density at radius 3 is 2.54 bits per heavy atom. The van der Waals surface area contributed by atoms with Crippen molar-refractivity contribution in [2.24, 2.45) is 0 Å². The van der Waals surface area contributed by atoms with Crippen LogP contribution in [0.25, 0.3) is 0 Å². The standard InChI is InChI=1S/C20H21N5O/c26-20(24-16-4-2-1-3-5-16)18-7-6-17(14-23-18)25-12-8-15(9-13-25)19-21-10-11-22-19/h1-7,10-11,14-15H,8-9,12-13H2,(H,21,22)(H,24,26). The van der Waals surface area contributed by atoms with Crippen LogP contribution >= 0.6 is 0 Å². The molecule has 1 aliphatic rings. The van der Waals surface area contributed by atoms with Crippen LogP contribution in [0.1, 0.15) is 35.1 Å². The van der Waals surface area contributed by atoms with Crippen LogP contribution in [0.2, 0.25) is 0 Å². The van der Waals surface area contributed by atoms with Gasteiger partial charge in [-0.25, -0.2) is 9.97 Å². The van der Waals surface area contributed by atoms with Crippen LogP contribution in [0.4, 0.5) is 11.4 Å². The van der Waals surface area contributed by atoms with E-state index in [4.69, 9.17) is 0 Å². The summed E-state index contributed by atoms with van der Waals surface area (Å²) in [5, 5.41) is 2.85. The number of benzene rings is 1. The molecule has 0 spiro atoms. The van der Waals surface area contributed by atoms with Gasteiger partial charge in [-0.15, -0.1) is 0 Å². The number of hydrogen-bond acceptors (Lipinski definition) is 4. The molecule has 1 amide bonds. The first-order valence-electron chi connectivity index (χ1n) is 8.86. The number of nitrogens with zero attached hydrogens (tertiary/aromatic N) is 3. The molecule has 0 radical (unpaired) electrons. The quantitative estimate of drug-likeness (QED) is 0.758. The number of piperidine rings is 1. The maximum atomic E-state index is 12.3. The summed E-state index contributed by atoms with van der Waals surface area (Å²) in [6, 6.07) is 13.2. The number of rotatable bonds is 4. The lowest BCUT2D eigenvalue weighted by Crippen LogP contribution is -2.33. The summed E-state index contributed by atoms with van der Waals surface area (Å²) in [5.41, 5.74) is 2.24. The number of aromatic nitrogens is 3. The highest BCUT2D eigenvalue weighted by Crippen LogP contribution is 2.28. The van der Waals surface area contributed by atoms with E-state index in [1.807, 2.05) is 48.8 Å². The number of aromatic amines is 1. The lowest BCUT2D eigenvalue weighted by atomic mass is 9.96. The second-order valence-electron chi connectivity index (χ2n) is 6.46. The van der Waals surface area contributed by atoms with Crippen molar-refractivity contribution in [3.63, 3.8) is 0 Å². The summed E-state index contributed by atoms with van der Waals surface area (Å²) in [5.74, 6) is 1.38. The van der Waals surface area contributed by atoms with E-state index >= 15 is 0 Å². The van der Waals surface area contributed by atoms with E-state index in [-0.39, 0.29) is 5.91 Å². The van der Waals surface area contributed by atoms with E-state index < -0.39 is 0 Å². The molecule has 0 unspecified atom stereocenters. The molecular formula is C20H21N5O. The van der Waals surface area contributed by atoms with Gasteiger partial charge in [-0.2, -0.15) is 0 Å². The molecule has 3 heterocycles. The Balaban J connectivity index is 1.36. The normalized spacial score (nSPS) is 15.0. The van der Waals surface area contributed by atoms with Gasteiger partial charge in [0.15, 0.2) is 0 Å². The minimum absolute atomic E-state index is 0.195. The summed E-state index contributed by atoms with van der Waals surface area (Å²) in [4.78, 5) is 26.5. The van der Waals surface area contributed by atoms with Crippen molar-refractivity contribution in [1.29, 1.82) is 0 Å². The SMILES string of the molecule is O=C(Nc1ccccc1)c1ccc(N2CCC(c3ncc[nH]3)CC2)cn1. The molecule has 6 nitrogen and oxygen atoms in total. The van der Waals surface area contributed by atoms with Gasteiger partial charge in [0.2, 0.25) is 0 Å². The highest BCUT2D eigenvalue weighted by molar-refractivity contribution is 6.02. The first-order valence-corrected chi connectivity index (χ1v) is 8.86. The topological polar surface area (TPSA) is 73.9 Å². The van der Waals surface area contributed by atoms with Crippen molar-refractivity contribution in [2.45, 2.75) is 18.8 Å². The molecule has 4 rings (SSSR count). The second-order valence-corrected chi connectivity index (χ2v) is 6.46. The number of pyridine rings is 1. The van der Waals surface area contributed by atoms with E-state index in [2.05, 4.69) is 25.2 Å². The van der Waals surface area contributed by atoms with E-state index in [0.717, 1.165) is 43.1 Å². The maximum absolute atomic E-state index is 12.3. The maximum Gasteiger partial charge on any atom is 0.274 e. The van der Waals surface area contributed by atoms with Crippen LogP contribution in [-0.2, 0) is 0 Å². The van der Waals surface area contributed by atoms with E-state index in [1.165, 1.54) is 0 Å². The molecule has 2 N–H and O–H groups in total. The Morgan fingerprint density at radius 1 is 1.08 bits per heavy atom.